The number of ether oxygens (including phenoxy) is 1. The molecule has 0 aliphatic rings. The van der Waals surface area contributed by atoms with Gasteiger partial charge in [0, 0.05) is 4.47 Å². The van der Waals surface area contributed by atoms with Crippen molar-refractivity contribution in [2.45, 2.75) is 0 Å². The van der Waals surface area contributed by atoms with Gasteiger partial charge >= 0.3 is 0 Å². The van der Waals surface area contributed by atoms with Crippen LogP contribution in [0, 0.1) is 22.7 Å². The lowest BCUT2D eigenvalue weighted by Gasteiger charge is -2.06. The second-order valence-electron chi connectivity index (χ2n) is 3.50. The minimum atomic E-state index is 0.542. The zero-order valence-corrected chi connectivity index (χ0v) is 10.8. The Bertz CT molecular complexity index is 668. The lowest BCUT2D eigenvalue weighted by atomic mass is 10.2. The number of nitrogens with zero attached hydrogens (tertiary/aromatic N) is 2. The molecule has 0 heterocycles. The van der Waals surface area contributed by atoms with Gasteiger partial charge in [0.1, 0.15) is 17.6 Å². The van der Waals surface area contributed by atoms with Gasteiger partial charge < -0.3 is 4.74 Å². The highest BCUT2D eigenvalue weighted by Crippen LogP contribution is 2.27. The molecular formula is C14H7BrN2O. The minimum Gasteiger partial charge on any atom is -0.457 e. The number of rotatable bonds is 2. The summed E-state index contributed by atoms with van der Waals surface area (Å²) in [5.74, 6) is 1.20. The minimum absolute atomic E-state index is 0.542. The Kier molecular flexibility index (Phi) is 3.62. The summed E-state index contributed by atoms with van der Waals surface area (Å²) in [5, 5.41) is 17.6. The van der Waals surface area contributed by atoms with Gasteiger partial charge in [-0.15, -0.1) is 0 Å². The predicted octanol–water partition coefficient (Wildman–Crippen LogP) is 3.98. The van der Waals surface area contributed by atoms with Crippen LogP contribution in [-0.2, 0) is 0 Å². The van der Waals surface area contributed by atoms with Crippen LogP contribution in [-0.4, -0.2) is 0 Å². The molecule has 4 heteroatoms. The molecule has 0 saturated heterocycles. The molecule has 0 atom stereocenters. The molecule has 2 rings (SSSR count). The first-order valence-electron chi connectivity index (χ1n) is 5.10. The summed E-state index contributed by atoms with van der Waals surface area (Å²) in [6.45, 7) is 0. The van der Waals surface area contributed by atoms with Crippen molar-refractivity contribution in [1.82, 2.24) is 0 Å². The van der Waals surface area contributed by atoms with Crippen LogP contribution in [0.1, 0.15) is 11.1 Å². The van der Waals surface area contributed by atoms with E-state index in [9.17, 15) is 0 Å². The van der Waals surface area contributed by atoms with Gasteiger partial charge in [0.05, 0.1) is 17.2 Å². The highest BCUT2D eigenvalue weighted by atomic mass is 79.9. The standard InChI is InChI=1S/C14H7BrN2O/c15-14-7-13(5-4-11(14)9-17)18-12-3-1-2-10(6-12)8-16/h1-7H. The van der Waals surface area contributed by atoms with Crippen molar-refractivity contribution in [1.29, 1.82) is 10.5 Å². The molecule has 2 aromatic carbocycles. The van der Waals surface area contributed by atoms with Crippen LogP contribution >= 0.6 is 15.9 Å². The first kappa shape index (κ1) is 12.2. The number of benzene rings is 2. The lowest BCUT2D eigenvalue weighted by Crippen LogP contribution is -1.86. The van der Waals surface area contributed by atoms with E-state index in [1.807, 2.05) is 0 Å². The average Bonchev–Trinajstić information content (AvgIpc) is 2.39. The highest BCUT2D eigenvalue weighted by molar-refractivity contribution is 9.10. The molecule has 86 valence electrons. The topological polar surface area (TPSA) is 56.8 Å². The van der Waals surface area contributed by atoms with Crippen molar-refractivity contribution in [3.05, 3.63) is 58.1 Å². The molecule has 0 aromatic heterocycles. The fraction of sp³-hybridized carbons (Fsp3) is 0. The van der Waals surface area contributed by atoms with Crippen LogP contribution < -0.4 is 4.74 Å². The molecule has 2 aromatic rings. The van der Waals surface area contributed by atoms with Crippen LogP contribution in [0.2, 0.25) is 0 Å². The largest absolute Gasteiger partial charge is 0.457 e. The quantitative estimate of drug-likeness (QED) is 0.842. The molecule has 0 amide bonds. The van der Waals surface area contributed by atoms with Crippen molar-refractivity contribution in [3.8, 4) is 23.6 Å². The van der Waals surface area contributed by atoms with Crippen molar-refractivity contribution in [2.24, 2.45) is 0 Å². The predicted molar refractivity (Wildman–Crippen MR) is 70.1 cm³/mol. The zero-order chi connectivity index (χ0) is 13.0. The number of hydrogen-bond donors (Lipinski definition) is 0. The van der Waals surface area contributed by atoms with Crippen LogP contribution in [0.25, 0.3) is 0 Å². The zero-order valence-electron chi connectivity index (χ0n) is 9.22. The van der Waals surface area contributed by atoms with E-state index in [4.69, 9.17) is 15.3 Å². The fourth-order valence-corrected chi connectivity index (χ4v) is 1.86. The maximum Gasteiger partial charge on any atom is 0.128 e. The van der Waals surface area contributed by atoms with Gasteiger partial charge in [-0.05, 0) is 52.3 Å². The second-order valence-corrected chi connectivity index (χ2v) is 4.35. The summed E-state index contributed by atoms with van der Waals surface area (Å²) in [6.07, 6.45) is 0. The second kappa shape index (κ2) is 5.35. The van der Waals surface area contributed by atoms with Crippen LogP contribution in [0.15, 0.2) is 46.9 Å². The molecule has 0 saturated carbocycles. The highest BCUT2D eigenvalue weighted by Gasteiger charge is 2.03. The molecule has 0 unspecified atom stereocenters. The van der Waals surface area contributed by atoms with E-state index in [2.05, 4.69) is 28.1 Å². The van der Waals surface area contributed by atoms with Crippen LogP contribution in [0.4, 0.5) is 0 Å². The molecule has 0 N–H and O–H groups in total. The Labute approximate surface area is 113 Å². The maximum absolute atomic E-state index is 8.81. The molecule has 0 aliphatic heterocycles. The van der Waals surface area contributed by atoms with Gasteiger partial charge in [-0.3, -0.25) is 0 Å². The van der Waals surface area contributed by atoms with E-state index in [0.29, 0.717) is 27.1 Å². The lowest BCUT2D eigenvalue weighted by molar-refractivity contribution is 0.482. The molecule has 0 fully saturated rings. The third-order valence-electron chi connectivity index (χ3n) is 2.26. The first-order valence-corrected chi connectivity index (χ1v) is 5.90. The van der Waals surface area contributed by atoms with E-state index >= 15 is 0 Å². The summed E-state index contributed by atoms with van der Waals surface area (Å²) in [4.78, 5) is 0. The molecule has 0 bridgehead atoms. The molecule has 0 radical (unpaired) electrons. The van der Waals surface area contributed by atoms with Crippen molar-refractivity contribution < 1.29 is 4.74 Å². The molecule has 0 spiro atoms. The SMILES string of the molecule is N#Cc1cccc(Oc2ccc(C#N)c(Br)c2)c1. The van der Waals surface area contributed by atoms with Gasteiger partial charge in [-0.1, -0.05) is 6.07 Å². The smallest absolute Gasteiger partial charge is 0.128 e. The van der Waals surface area contributed by atoms with Gasteiger partial charge in [-0.25, -0.2) is 0 Å². The summed E-state index contributed by atoms with van der Waals surface area (Å²) >= 11 is 3.29. The van der Waals surface area contributed by atoms with Gasteiger partial charge in [0.25, 0.3) is 0 Å². The summed E-state index contributed by atoms with van der Waals surface area (Å²) in [6, 6.07) is 16.1. The average molecular weight is 299 g/mol. The van der Waals surface area contributed by atoms with Crippen molar-refractivity contribution >= 4 is 15.9 Å². The summed E-state index contributed by atoms with van der Waals surface area (Å²) in [5.41, 5.74) is 1.09. The summed E-state index contributed by atoms with van der Waals surface area (Å²) < 4.78 is 6.29. The molecule has 18 heavy (non-hydrogen) atoms. The monoisotopic (exact) mass is 298 g/mol. The van der Waals surface area contributed by atoms with E-state index in [1.165, 1.54) is 0 Å². The fourth-order valence-electron chi connectivity index (χ4n) is 1.42. The normalized spacial score (nSPS) is 9.28. The van der Waals surface area contributed by atoms with Crippen LogP contribution in [0.3, 0.4) is 0 Å². The summed E-state index contributed by atoms with van der Waals surface area (Å²) in [7, 11) is 0. The van der Waals surface area contributed by atoms with Gasteiger partial charge in [0.15, 0.2) is 0 Å². The van der Waals surface area contributed by atoms with E-state index in [-0.39, 0.29) is 0 Å². The molecule has 0 aliphatic carbocycles. The maximum atomic E-state index is 8.81. The Morgan fingerprint density at radius 1 is 0.944 bits per heavy atom. The van der Waals surface area contributed by atoms with E-state index in [0.717, 1.165) is 0 Å². The van der Waals surface area contributed by atoms with Crippen molar-refractivity contribution in [2.75, 3.05) is 0 Å². The van der Waals surface area contributed by atoms with Gasteiger partial charge in [0.2, 0.25) is 0 Å². The Morgan fingerprint density at radius 3 is 2.39 bits per heavy atom. The third kappa shape index (κ3) is 2.68. The Hall–Kier alpha value is -2.30. The van der Waals surface area contributed by atoms with Crippen molar-refractivity contribution in [3.63, 3.8) is 0 Å². The Morgan fingerprint density at radius 2 is 1.72 bits per heavy atom. The number of halogens is 1. The first-order chi connectivity index (χ1) is 8.72. The third-order valence-corrected chi connectivity index (χ3v) is 2.92. The Balaban J connectivity index is 2.27. The number of hydrogen-bond acceptors (Lipinski definition) is 3. The van der Waals surface area contributed by atoms with E-state index in [1.54, 1.807) is 42.5 Å². The van der Waals surface area contributed by atoms with Gasteiger partial charge in [-0.2, -0.15) is 10.5 Å². The number of nitriles is 2. The molecule has 3 nitrogen and oxygen atoms in total. The van der Waals surface area contributed by atoms with Crippen LogP contribution in [0.5, 0.6) is 11.5 Å². The van der Waals surface area contributed by atoms with E-state index < -0.39 is 0 Å². The molecular weight excluding hydrogens is 292 g/mol.